The van der Waals surface area contributed by atoms with E-state index >= 15 is 0 Å². The van der Waals surface area contributed by atoms with Crippen LogP contribution < -0.4 is 10.6 Å². The fourth-order valence-corrected chi connectivity index (χ4v) is 3.45. The Morgan fingerprint density at radius 3 is 2.71 bits per heavy atom. The first-order chi connectivity index (χ1) is 11.5. The summed E-state index contributed by atoms with van der Waals surface area (Å²) in [7, 11) is 0. The second-order valence-electron chi connectivity index (χ2n) is 6.61. The fourth-order valence-electron chi connectivity index (χ4n) is 3.26. The summed E-state index contributed by atoms with van der Waals surface area (Å²) in [4.78, 5) is 12.5. The van der Waals surface area contributed by atoms with Gasteiger partial charge in [-0.25, -0.2) is 0 Å². The van der Waals surface area contributed by atoms with Gasteiger partial charge >= 0.3 is 0 Å². The van der Waals surface area contributed by atoms with Crippen LogP contribution in [0.25, 0.3) is 11.1 Å². The van der Waals surface area contributed by atoms with E-state index in [0.29, 0.717) is 6.04 Å². The maximum Gasteiger partial charge on any atom is 0.227 e. The summed E-state index contributed by atoms with van der Waals surface area (Å²) in [6.45, 7) is 5.06. The highest BCUT2D eigenvalue weighted by Gasteiger charge is 2.24. The molecule has 0 aliphatic carbocycles. The number of rotatable bonds is 3. The first-order valence-electron chi connectivity index (χ1n) is 8.44. The number of aryl methyl sites for hydroxylation is 1. The van der Waals surface area contributed by atoms with Crippen LogP contribution in [-0.4, -0.2) is 18.5 Å². The van der Waals surface area contributed by atoms with Crippen LogP contribution in [0, 0.1) is 12.8 Å². The average molecular weight is 343 g/mol. The first kappa shape index (κ1) is 17.0. The number of amides is 1. The zero-order valence-electron chi connectivity index (χ0n) is 14.1. The molecule has 24 heavy (non-hydrogen) atoms. The average Bonchev–Trinajstić information content (AvgIpc) is 2.56. The molecule has 2 aromatic carbocycles. The number of hydrogen-bond donors (Lipinski definition) is 2. The summed E-state index contributed by atoms with van der Waals surface area (Å²) in [5.74, 6) is 0.218. The Labute approximate surface area is 148 Å². The van der Waals surface area contributed by atoms with Crippen molar-refractivity contribution in [3.05, 3.63) is 53.1 Å². The predicted octanol–water partition coefficient (Wildman–Crippen LogP) is 4.64. The molecule has 0 unspecified atom stereocenters. The van der Waals surface area contributed by atoms with Crippen molar-refractivity contribution in [1.29, 1.82) is 0 Å². The molecule has 1 fully saturated rings. The summed E-state index contributed by atoms with van der Waals surface area (Å²) >= 11 is 6.07. The minimum Gasteiger partial charge on any atom is -0.326 e. The smallest absolute Gasteiger partial charge is 0.227 e. The molecule has 126 valence electrons. The van der Waals surface area contributed by atoms with E-state index in [0.717, 1.165) is 46.8 Å². The zero-order valence-corrected chi connectivity index (χ0v) is 14.9. The molecule has 0 spiro atoms. The zero-order chi connectivity index (χ0) is 17.1. The normalized spacial score (nSPS) is 20.6. The Balaban J connectivity index is 1.74. The van der Waals surface area contributed by atoms with Crippen LogP contribution in [0.4, 0.5) is 5.69 Å². The number of nitrogens with one attached hydrogen (secondary N) is 2. The number of carbonyl (C=O) groups excluding carboxylic acids is 1. The number of hydrogen-bond acceptors (Lipinski definition) is 2. The predicted molar refractivity (Wildman–Crippen MR) is 100 cm³/mol. The summed E-state index contributed by atoms with van der Waals surface area (Å²) < 4.78 is 0. The molecule has 4 heteroatoms. The van der Waals surface area contributed by atoms with Crippen molar-refractivity contribution in [3.8, 4) is 11.1 Å². The number of halogens is 1. The third-order valence-electron chi connectivity index (χ3n) is 4.64. The van der Waals surface area contributed by atoms with Gasteiger partial charge in [-0.2, -0.15) is 0 Å². The molecule has 2 atom stereocenters. The highest BCUT2D eigenvalue weighted by atomic mass is 35.5. The van der Waals surface area contributed by atoms with Crippen LogP contribution in [0.2, 0.25) is 5.02 Å². The third kappa shape index (κ3) is 3.97. The lowest BCUT2D eigenvalue weighted by Gasteiger charge is -2.27. The number of benzene rings is 2. The molecule has 3 rings (SSSR count). The van der Waals surface area contributed by atoms with E-state index < -0.39 is 0 Å². The molecule has 2 N–H and O–H groups in total. The summed E-state index contributed by atoms with van der Waals surface area (Å²) in [5, 5.41) is 7.20. The molecule has 1 heterocycles. The van der Waals surface area contributed by atoms with Crippen LogP contribution in [0.15, 0.2) is 42.5 Å². The van der Waals surface area contributed by atoms with E-state index in [4.69, 9.17) is 11.6 Å². The number of anilines is 1. The second-order valence-corrected chi connectivity index (χ2v) is 7.04. The van der Waals surface area contributed by atoms with E-state index in [2.05, 4.69) is 23.6 Å². The van der Waals surface area contributed by atoms with Gasteiger partial charge in [-0.05, 0) is 74.2 Å². The van der Waals surface area contributed by atoms with Gasteiger partial charge in [0.15, 0.2) is 0 Å². The Bertz CT molecular complexity index is 744. The fraction of sp³-hybridized carbons (Fsp3) is 0.350. The van der Waals surface area contributed by atoms with Crippen molar-refractivity contribution in [1.82, 2.24) is 5.32 Å². The maximum absolute atomic E-state index is 12.5. The van der Waals surface area contributed by atoms with Gasteiger partial charge in [0, 0.05) is 22.7 Å². The molecule has 2 aromatic rings. The van der Waals surface area contributed by atoms with E-state index in [-0.39, 0.29) is 11.8 Å². The minimum absolute atomic E-state index is 0.0910. The molecule has 1 amide bonds. The molecular weight excluding hydrogens is 320 g/mol. The Morgan fingerprint density at radius 2 is 2.00 bits per heavy atom. The molecule has 0 aromatic heterocycles. The van der Waals surface area contributed by atoms with Crippen LogP contribution in [0.1, 0.15) is 25.3 Å². The molecule has 1 aliphatic heterocycles. The summed E-state index contributed by atoms with van der Waals surface area (Å²) in [6.07, 6.45) is 1.79. The van der Waals surface area contributed by atoms with E-state index in [9.17, 15) is 4.79 Å². The SMILES string of the molecule is Cc1cc(-c2cccc(Cl)c2)ccc1NC(=O)[C@H]1CCN[C@@H](C)C1. The standard InChI is InChI=1S/C20H23ClN2O/c1-13-10-16(15-4-3-5-18(21)12-15)6-7-19(13)23-20(24)17-8-9-22-14(2)11-17/h3-7,10,12,14,17,22H,8-9,11H2,1-2H3,(H,23,24)/t14-,17-/m0/s1. The lowest BCUT2D eigenvalue weighted by atomic mass is 9.92. The van der Waals surface area contributed by atoms with Gasteiger partial charge in [0.2, 0.25) is 5.91 Å². The molecular formula is C20H23ClN2O. The van der Waals surface area contributed by atoms with Crippen LogP contribution in [-0.2, 0) is 4.79 Å². The monoisotopic (exact) mass is 342 g/mol. The molecule has 0 bridgehead atoms. The number of piperidine rings is 1. The lowest BCUT2D eigenvalue weighted by Crippen LogP contribution is -2.40. The second kappa shape index (κ2) is 7.37. The van der Waals surface area contributed by atoms with E-state index in [1.807, 2.05) is 43.3 Å². The highest BCUT2D eigenvalue weighted by molar-refractivity contribution is 6.30. The van der Waals surface area contributed by atoms with Gasteiger partial charge < -0.3 is 10.6 Å². The first-order valence-corrected chi connectivity index (χ1v) is 8.81. The third-order valence-corrected chi connectivity index (χ3v) is 4.87. The van der Waals surface area contributed by atoms with Gasteiger partial charge in [0.05, 0.1) is 0 Å². The molecule has 1 saturated heterocycles. The van der Waals surface area contributed by atoms with Crippen LogP contribution in [0.3, 0.4) is 0 Å². The molecule has 0 saturated carbocycles. The lowest BCUT2D eigenvalue weighted by molar-refractivity contribution is -0.120. The van der Waals surface area contributed by atoms with E-state index in [1.54, 1.807) is 0 Å². The van der Waals surface area contributed by atoms with Crippen LogP contribution >= 0.6 is 11.6 Å². The highest BCUT2D eigenvalue weighted by Crippen LogP contribution is 2.27. The van der Waals surface area contributed by atoms with Crippen molar-refractivity contribution in [2.45, 2.75) is 32.7 Å². The molecule has 1 aliphatic rings. The summed E-state index contributed by atoms with van der Waals surface area (Å²) in [5.41, 5.74) is 4.12. The molecule has 3 nitrogen and oxygen atoms in total. The van der Waals surface area contributed by atoms with Gasteiger partial charge in [0.25, 0.3) is 0 Å². The van der Waals surface area contributed by atoms with E-state index in [1.165, 1.54) is 0 Å². The van der Waals surface area contributed by atoms with Gasteiger partial charge in [0.1, 0.15) is 0 Å². The van der Waals surface area contributed by atoms with Crippen molar-refractivity contribution in [2.75, 3.05) is 11.9 Å². The van der Waals surface area contributed by atoms with Gasteiger partial charge in [-0.15, -0.1) is 0 Å². The van der Waals surface area contributed by atoms with Crippen LogP contribution in [0.5, 0.6) is 0 Å². The van der Waals surface area contributed by atoms with Crippen molar-refractivity contribution in [2.24, 2.45) is 5.92 Å². The Hall–Kier alpha value is -1.84. The largest absolute Gasteiger partial charge is 0.326 e. The Kier molecular flexibility index (Phi) is 5.22. The van der Waals surface area contributed by atoms with Crippen molar-refractivity contribution < 1.29 is 4.79 Å². The van der Waals surface area contributed by atoms with Gasteiger partial charge in [-0.1, -0.05) is 29.8 Å². The maximum atomic E-state index is 12.5. The Morgan fingerprint density at radius 1 is 1.21 bits per heavy atom. The quantitative estimate of drug-likeness (QED) is 0.853. The summed E-state index contributed by atoms with van der Waals surface area (Å²) in [6, 6.07) is 14.3. The van der Waals surface area contributed by atoms with Gasteiger partial charge in [-0.3, -0.25) is 4.79 Å². The van der Waals surface area contributed by atoms with Crippen molar-refractivity contribution in [3.63, 3.8) is 0 Å². The number of carbonyl (C=O) groups is 1. The van der Waals surface area contributed by atoms with Crippen molar-refractivity contribution >= 4 is 23.2 Å². The molecule has 0 radical (unpaired) electrons. The topological polar surface area (TPSA) is 41.1 Å². The minimum atomic E-state index is 0.0910.